The summed E-state index contributed by atoms with van der Waals surface area (Å²) >= 11 is 0. The van der Waals surface area contributed by atoms with E-state index in [1.54, 1.807) is 0 Å². The van der Waals surface area contributed by atoms with Crippen molar-refractivity contribution in [1.29, 1.82) is 0 Å². The van der Waals surface area contributed by atoms with E-state index in [0.717, 1.165) is 24.3 Å². The standard InChI is InChI=1S/C25H18F7NO5/c26-15-5-3-14-4-8-17(21(34)33-20(22(35)36)23(9-10-23)24(27,28)29)19(18(14)11-15)37-12-13-1-6-16(7-2-13)38-25(30,31)32/h1-8,11,20H,9-10,12H2,(H,33,34)(H,35,36)/t20-/m1/s1. The Bertz CT molecular complexity index is 1370. The minimum absolute atomic E-state index is 0.0681. The van der Waals surface area contributed by atoms with Gasteiger partial charge in [0.25, 0.3) is 5.91 Å². The number of carbonyl (C=O) groups is 2. The molecule has 0 radical (unpaired) electrons. The molecular weight excluding hydrogens is 527 g/mol. The second-order valence-corrected chi connectivity index (χ2v) is 8.69. The first-order chi connectivity index (χ1) is 17.7. The van der Waals surface area contributed by atoms with Gasteiger partial charge in [0.1, 0.15) is 30.0 Å². The fourth-order valence-electron chi connectivity index (χ4n) is 4.06. The minimum Gasteiger partial charge on any atom is -0.487 e. The lowest BCUT2D eigenvalue weighted by Crippen LogP contribution is -2.52. The quantitative estimate of drug-likeness (QED) is 0.340. The fourth-order valence-corrected chi connectivity index (χ4v) is 4.06. The zero-order valence-corrected chi connectivity index (χ0v) is 19.1. The van der Waals surface area contributed by atoms with Gasteiger partial charge in [-0.1, -0.05) is 24.3 Å². The van der Waals surface area contributed by atoms with Crippen LogP contribution >= 0.6 is 0 Å². The minimum atomic E-state index is -4.90. The van der Waals surface area contributed by atoms with E-state index < -0.39 is 60.3 Å². The van der Waals surface area contributed by atoms with E-state index in [9.17, 15) is 45.4 Å². The van der Waals surface area contributed by atoms with Crippen LogP contribution in [-0.2, 0) is 11.4 Å². The molecule has 0 bridgehead atoms. The van der Waals surface area contributed by atoms with Gasteiger partial charge in [0.2, 0.25) is 0 Å². The van der Waals surface area contributed by atoms with Gasteiger partial charge in [0.15, 0.2) is 0 Å². The van der Waals surface area contributed by atoms with Crippen LogP contribution in [-0.4, -0.2) is 35.6 Å². The number of nitrogens with one attached hydrogen (secondary N) is 1. The topological polar surface area (TPSA) is 84.9 Å². The number of carbonyl (C=O) groups excluding carboxylic acids is 1. The molecule has 4 rings (SSSR count). The van der Waals surface area contributed by atoms with Crippen LogP contribution in [0.15, 0.2) is 54.6 Å². The summed E-state index contributed by atoms with van der Waals surface area (Å²) in [6.07, 6.45) is -10.7. The number of alkyl halides is 6. The van der Waals surface area contributed by atoms with Crippen LogP contribution in [0.3, 0.4) is 0 Å². The molecule has 2 N–H and O–H groups in total. The predicted octanol–water partition coefficient (Wildman–Crippen LogP) is 5.98. The van der Waals surface area contributed by atoms with Crippen molar-refractivity contribution in [1.82, 2.24) is 5.32 Å². The SMILES string of the molecule is O=C(N[C@H](C(=O)O)C1(C(F)(F)F)CC1)c1ccc2ccc(F)cc2c1OCc1ccc(OC(F)(F)F)cc1. The molecule has 1 fully saturated rings. The molecule has 13 heteroatoms. The van der Waals surface area contributed by atoms with Crippen LogP contribution < -0.4 is 14.8 Å². The van der Waals surface area contributed by atoms with Crippen molar-refractivity contribution in [3.63, 3.8) is 0 Å². The van der Waals surface area contributed by atoms with Gasteiger partial charge in [0.05, 0.1) is 11.0 Å². The summed E-state index contributed by atoms with van der Waals surface area (Å²) in [5.41, 5.74) is -2.65. The van der Waals surface area contributed by atoms with E-state index in [0.29, 0.717) is 10.9 Å². The summed E-state index contributed by atoms with van der Waals surface area (Å²) in [7, 11) is 0. The zero-order chi connectivity index (χ0) is 27.9. The number of amides is 1. The summed E-state index contributed by atoms with van der Waals surface area (Å²) in [5.74, 6) is -4.53. The summed E-state index contributed by atoms with van der Waals surface area (Å²) in [6.45, 7) is -0.336. The summed E-state index contributed by atoms with van der Waals surface area (Å²) < 4.78 is 101. The molecule has 0 aliphatic heterocycles. The Morgan fingerprint density at radius 1 is 0.974 bits per heavy atom. The van der Waals surface area contributed by atoms with Gasteiger partial charge >= 0.3 is 18.5 Å². The third kappa shape index (κ3) is 5.60. The van der Waals surface area contributed by atoms with Crippen molar-refractivity contribution in [2.75, 3.05) is 0 Å². The van der Waals surface area contributed by atoms with E-state index >= 15 is 0 Å². The van der Waals surface area contributed by atoms with Gasteiger partial charge in [-0.15, -0.1) is 13.2 Å². The van der Waals surface area contributed by atoms with Gasteiger partial charge < -0.3 is 19.9 Å². The van der Waals surface area contributed by atoms with Gasteiger partial charge in [-0.2, -0.15) is 13.2 Å². The van der Waals surface area contributed by atoms with Crippen molar-refractivity contribution in [2.24, 2.45) is 5.41 Å². The Hall–Kier alpha value is -4.03. The smallest absolute Gasteiger partial charge is 0.487 e. The molecular formula is C25H18F7NO5. The highest BCUT2D eigenvalue weighted by Gasteiger charge is 2.69. The maximum Gasteiger partial charge on any atom is 0.573 e. The van der Waals surface area contributed by atoms with Crippen LogP contribution in [0.5, 0.6) is 11.5 Å². The molecule has 0 spiro atoms. The Morgan fingerprint density at radius 2 is 1.61 bits per heavy atom. The molecule has 1 saturated carbocycles. The Kier molecular flexibility index (Phi) is 6.89. The molecule has 1 aliphatic carbocycles. The molecule has 0 heterocycles. The molecule has 1 atom stereocenters. The summed E-state index contributed by atoms with van der Waals surface area (Å²) in [4.78, 5) is 24.8. The number of rotatable bonds is 8. The Morgan fingerprint density at radius 3 is 2.16 bits per heavy atom. The Balaban J connectivity index is 1.64. The normalized spacial score (nSPS) is 15.6. The molecule has 6 nitrogen and oxygen atoms in total. The number of carboxylic acids is 1. The fraction of sp³-hybridized carbons (Fsp3) is 0.280. The number of hydrogen-bond donors (Lipinski definition) is 2. The number of hydrogen-bond acceptors (Lipinski definition) is 4. The van der Waals surface area contributed by atoms with Crippen LogP contribution in [0.25, 0.3) is 10.8 Å². The second-order valence-electron chi connectivity index (χ2n) is 8.69. The first-order valence-electron chi connectivity index (χ1n) is 11.0. The zero-order valence-electron chi connectivity index (χ0n) is 19.1. The van der Waals surface area contributed by atoms with Gasteiger partial charge in [0, 0.05) is 5.39 Å². The van der Waals surface area contributed by atoms with Crippen molar-refractivity contribution in [3.05, 3.63) is 71.5 Å². The molecule has 3 aromatic carbocycles. The van der Waals surface area contributed by atoms with Crippen LogP contribution in [0.4, 0.5) is 30.7 Å². The molecule has 202 valence electrons. The molecule has 3 aromatic rings. The average Bonchev–Trinajstić information content (AvgIpc) is 3.62. The van der Waals surface area contributed by atoms with Gasteiger partial charge in [-0.3, -0.25) is 4.79 Å². The molecule has 38 heavy (non-hydrogen) atoms. The first-order valence-corrected chi connectivity index (χ1v) is 11.0. The molecule has 0 unspecified atom stereocenters. The van der Waals surface area contributed by atoms with E-state index in [4.69, 9.17) is 4.74 Å². The highest BCUT2D eigenvalue weighted by molar-refractivity contribution is 6.05. The van der Waals surface area contributed by atoms with Crippen LogP contribution in [0, 0.1) is 11.2 Å². The largest absolute Gasteiger partial charge is 0.573 e. The number of halogens is 7. The molecule has 1 amide bonds. The predicted molar refractivity (Wildman–Crippen MR) is 118 cm³/mol. The van der Waals surface area contributed by atoms with E-state index in [1.165, 1.54) is 30.3 Å². The Labute approximate surface area is 210 Å². The molecule has 0 saturated heterocycles. The third-order valence-corrected chi connectivity index (χ3v) is 6.15. The van der Waals surface area contributed by atoms with Crippen LogP contribution in [0.2, 0.25) is 0 Å². The lowest BCUT2D eigenvalue weighted by atomic mass is 9.95. The highest BCUT2D eigenvalue weighted by Crippen LogP contribution is 2.60. The van der Waals surface area contributed by atoms with Crippen molar-refractivity contribution in [2.45, 2.75) is 38.0 Å². The van der Waals surface area contributed by atoms with E-state index in [-0.39, 0.29) is 23.3 Å². The lowest BCUT2D eigenvalue weighted by molar-refractivity contribution is -0.274. The third-order valence-electron chi connectivity index (χ3n) is 6.15. The average molecular weight is 545 g/mol. The maximum absolute atomic E-state index is 14.0. The molecule has 1 aliphatic rings. The number of carboxylic acid groups (broad SMARTS) is 1. The summed E-state index contributed by atoms with van der Waals surface area (Å²) in [6, 6.07) is 8.35. The number of ether oxygens (including phenoxy) is 2. The van der Waals surface area contributed by atoms with Crippen LogP contribution in [0.1, 0.15) is 28.8 Å². The van der Waals surface area contributed by atoms with E-state index in [2.05, 4.69) is 4.74 Å². The van der Waals surface area contributed by atoms with Gasteiger partial charge in [-0.25, -0.2) is 9.18 Å². The lowest BCUT2D eigenvalue weighted by Gasteiger charge is -2.27. The monoisotopic (exact) mass is 545 g/mol. The van der Waals surface area contributed by atoms with E-state index in [1.807, 2.05) is 5.32 Å². The van der Waals surface area contributed by atoms with Crippen molar-refractivity contribution < 1.29 is 54.9 Å². The van der Waals surface area contributed by atoms with Crippen molar-refractivity contribution >= 4 is 22.6 Å². The molecule has 0 aromatic heterocycles. The van der Waals surface area contributed by atoms with Crippen molar-refractivity contribution in [3.8, 4) is 11.5 Å². The second kappa shape index (κ2) is 9.69. The number of fused-ring (bicyclic) bond motifs is 1. The highest BCUT2D eigenvalue weighted by atomic mass is 19.4. The summed E-state index contributed by atoms with van der Waals surface area (Å²) in [5, 5.41) is 11.9. The van der Waals surface area contributed by atoms with Gasteiger partial charge in [-0.05, 0) is 54.1 Å². The maximum atomic E-state index is 14.0. The number of aliphatic carboxylic acids is 1. The first kappa shape index (κ1) is 27.0. The number of benzene rings is 3.